The molecule has 2 nitrogen and oxygen atoms in total. The molecular formula is C11H22N2. The zero-order valence-electron chi connectivity index (χ0n) is 8.93. The predicted molar refractivity (Wildman–Crippen MR) is 57.9 cm³/mol. The van der Waals surface area contributed by atoms with Gasteiger partial charge in [-0.2, -0.15) is 0 Å². The van der Waals surface area contributed by atoms with Gasteiger partial charge in [0.1, 0.15) is 0 Å². The Morgan fingerprint density at radius 1 is 1.62 bits per heavy atom. The van der Waals surface area contributed by atoms with E-state index in [1.165, 1.54) is 37.1 Å². The number of rotatable bonds is 1. The van der Waals surface area contributed by atoms with E-state index in [0.29, 0.717) is 0 Å². The molecule has 1 aromatic rings. The third-order valence-corrected chi connectivity index (χ3v) is 2.67. The molecule has 13 heavy (non-hydrogen) atoms. The van der Waals surface area contributed by atoms with Crippen LogP contribution in [0.1, 0.15) is 46.4 Å². The first-order chi connectivity index (χ1) is 6.40. The molecular weight excluding hydrogens is 160 g/mol. The number of aromatic nitrogens is 2. The summed E-state index contributed by atoms with van der Waals surface area (Å²) in [7, 11) is 0. The van der Waals surface area contributed by atoms with E-state index < -0.39 is 0 Å². The normalized spacial score (nSPS) is 20.1. The van der Waals surface area contributed by atoms with Crippen molar-refractivity contribution in [2.45, 2.75) is 46.5 Å². The largest absolute Gasteiger partial charge is 0.348 e. The number of aryl methyl sites for hydroxylation is 1. The molecule has 1 aromatic heterocycles. The lowest BCUT2D eigenvalue weighted by molar-refractivity contribution is 0.438. The maximum atomic E-state index is 4.27. The van der Waals surface area contributed by atoms with Gasteiger partial charge >= 0.3 is 0 Å². The average Bonchev–Trinajstić information content (AvgIpc) is 2.67. The van der Waals surface area contributed by atoms with Gasteiger partial charge in [0.05, 0.1) is 12.0 Å². The van der Waals surface area contributed by atoms with Gasteiger partial charge in [-0.25, -0.2) is 4.98 Å². The van der Waals surface area contributed by atoms with Crippen LogP contribution in [0.25, 0.3) is 0 Å². The Labute approximate surface area is 82.3 Å². The van der Waals surface area contributed by atoms with Crippen molar-refractivity contribution >= 4 is 0 Å². The highest BCUT2D eigenvalue weighted by molar-refractivity contribution is 5.15. The molecule has 1 atom stereocenters. The number of aromatic amines is 1. The van der Waals surface area contributed by atoms with Crippen LogP contribution in [0.4, 0.5) is 0 Å². The fraction of sp³-hybridized carbons (Fsp3) is 0.727. The van der Waals surface area contributed by atoms with Crippen molar-refractivity contribution in [2.75, 3.05) is 0 Å². The van der Waals surface area contributed by atoms with Gasteiger partial charge in [-0.05, 0) is 25.2 Å². The molecule has 2 heteroatoms. The molecule has 1 heterocycles. The zero-order chi connectivity index (χ0) is 9.68. The molecule has 2 rings (SSSR count). The lowest BCUT2D eigenvalue weighted by atomic mass is 9.88. The molecule has 0 amide bonds. The molecule has 0 fully saturated rings. The van der Waals surface area contributed by atoms with E-state index in [1.54, 1.807) is 0 Å². The molecule has 0 saturated heterocycles. The number of nitrogens with one attached hydrogen (secondary N) is 1. The molecule has 1 N–H and O–H groups in total. The second-order valence-electron chi connectivity index (χ2n) is 3.34. The molecule has 1 aliphatic rings. The van der Waals surface area contributed by atoms with Crippen LogP contribution in [-0.2, 0) is 12.8 Å². The minimum absolute atomic E-state index is 0. The zero-order valence-corrected chi connectivity index (χ0v) is 8.93. The molecule has 1 unspecified atom stereocenters. The lowest BCUT2D eigenvalue weighted by Gasteiger charge is -2.19. The van der Waals surface area contributed by atoms with Gasteiger partial charge < -0.3 is 4.98 Å². The lowest BCUT2D eigenvalue weighted by Crippen LogP contribution is -2.12. The van der Waals surface area contributed by atoms with Crippen LogP contribution in [0.5, 0.6) is 0 Å². The van der Waals surface area contributed by atoms with Crippen LogP contribution in [0.3, 0.4) is 0 Å². The van der Waals surface area contributed by atoms with Crippen molar-refractivity contribution in [3.05, 3.63) is 17.7 Å². The third kappa shape index (κ3) is 2.33. The topological polar surface area (TPSA) is 28.7 Å². The Morgan fingerprint density at radius 2 is 2.38 bits per heavy atom. The van der Waals surface area contributed by atoms with Gasteiger partial charge in [-0.3, -0.25) is 0 Å². The van der Waals surface area contributed by atoms with Crippen LogP contribution >= 0.6 is 0 Å². The highest BCUT2D eigenvalue weighted by atomic mass is 14.9. The van der Waals surface area contributed by atoms with E-state index in [2.05, 4.69) is 16.9 Å². The monoisotopic (exact) mass is 182 g/mol. The second-order valence-corrected chi connectivity index (χ2v) is 3.34. The van der Waals surface area contributed by atoms with Gasteiger partial charge in [0.25, 0.3) is 0 Å². The Bertz CT molecular complexity index is 245. The predicted octanol–water partition coefficient (Wildman–Crippen LogP) is 3.20. The van der Waals surface area contributed by atoms with Crippen LogP contribution < -0.4 is 0 Å². The van der Waals surface area contributed by atoms with Crippen molar-refractivity contribution < 1.29 is 1.43 Å². The quantitative estimate of drug-likeness (QED) is 0.710. The average molecular weight is 182 g/mol. The van der Waals surface area contributed by atoms with Gasteiger partial charge in [-0.15, -0.1) is 0 Å². The van der Waals surface area contributed by atoms with Gasteiger partial charge in [-0.1, -0.05) is 27.2 Å². The number of imidazole rings is 1. The highest BCUT2D eigenvalue weighted by Gasteiger charge is 2.18. The summed E-state index contributed by atoms with van der Waals surface area (Å²) in [5, 5.41) is 0. The van der Waals surface area contributed by atoms with E-state index in [0.717, 1.165) is 5.92 Å². The molecule has 1 aliphatic carbocycles. The molecule has 0 aliphatic heterocycles. The Balaban J connectivity index is 0.000000531. The summed E-state index contributed by atoms with van der Waals surface area (Å²) in [5.41, 5.74) is 2.68. The number of hydrogen-bond acceptors (Lipinski definition) is 1. The first-order valence-electron chi connectivity index (χ1n) is 5.41. The molecule has 0 radical (unpaired) electrons. The van der Waals surface area contributed by atoms with Crippen LogP contribution in [0, 0.1) is 5.92 Å². The van der Waals surface area contributed by atoms with Crippen molar-refractivity contribution in [2.24, 2.45) is 5.92 Å². The summed E-state index contributed by atoms with van der Waals surface area (Å²) in [6.45, 7) is 6.27. The Morgan fingerprint density at radius 3 is 3.08 bits per heavy atom. The summed E-state index contributed by atoms with van der Waals surface area (Å²) in [6, 6.07) is 0. The van der Waals surface area contributed by atoms with Crippen LogP contribution in [-0.4, -0.2) is 9.97 Å². The smallest absolute Gasteiger partial charge is 0.0925 e. The maximum Gasteiger partial charge on any atom is 0.0925 e. The molecule has 0 saturated carbocycles. The minimum Gasteiger partial charge on any atom is -0.348 e. The van der Waals surface area contributed by atoms with Crippen molar-refractivity contribution in [1.82, 2.24) is 9.97 Å². The minimum atomic E-state index is 0. The van der Waals surface area contributed by atoms with Crippen LogP contribution in [0.2, 0.25) is 0 Å². The van der Waals surface area contributed by atoms with E-state index in [9.17, 15) is 0 Å². The summed E-state index contributed by atoms with van der Waals surface area (Å²) in [4.78, 5) is 7.48. The summed E-state index contributed by atoms with van der Waals surface area (Å²) in [6.07, 6.45) is 6.85. The summed E-state index contributed by atoms with van der Waals surface area (Å²) >= 11 is 0. The fourth-order valence-corrected chi connectivity index (χ4v) is 1.82. The van der Waals surface area contributed by atoms with Crippen LogP contribution in [0.15, 0.2) is 6.33 Å². The fourth-order valence-electron chi connectivity index (χ4n) is 1.82. The van der Waals surface area contributed by atoms with E-state index in [4.69, 9.17) is 0 Å². The summed E-state index contributed by atoms with van der Waals surface area (Å²) in [5.74, 6) is 0.892. The number of fused-ring (bicyclic) bond motifs is 1. The van der Waals surface area contributed by atoms with Gasteiger partial charge in [0.2, 0.25) is 0 Å². The highest BCUT2D eigenvalue weighted by Crippen LogP contribution is 2.24. The molecule has 0 bridgehead atoms. The molecule has 76 valence electrons. The number of H-pyrrole nitrogens is 1. The number of nitrogens with zero attached hydrogens (tertiary/aromatic N) is 1. The third-order valence-electron chi connectivity index (χ3n) is 2.67. The molecule has 0 spiro atoms. The number of hydrogen-bond donors (Lipinski definition) is 1. The van der Waals surface area contributed by atoms with E-state index >= 15 is 0 Å². The first-order valence-corrected chi connectivity index (χ1v) is 5.41. The van der Waals surface area contributed by atoms with E-state index in [1.807, 2.05) is 20.2 Å². The van der Waals surface area contributed by atoms with Crippen molar-refractivity contribution in [1.29, 1.82) is 0 Å². The van der Waals surface area contributed by atoms with Gasteiger partial charge in [0, 0.05) is 7.12 Å². The van der Waals surface area contributed by atoms with E-state index in [-0.39, 0.29) is 1.43 Å². The van der Waals surface area contributed by atoms with Crippen molar-refractivity contribution in [3.63, 3.8) is 0 Å². The second kappa shape index (κ2) is 5.05. The summed E-state index contributed by atoms with van der Waals surface area (Å²) < 4.78 is 0. The van der Waals surface area contributed by atoms with Crippen molar-refractivity contribution in [3.8, 4) is 0 Å². The van der Waals surface area contributed by atoms with Gasteiger partial charge in [0.15, 0.2) is 0 Å². The molecule has 0 aromatic carbocycles. The standard InChI is InChI=1S/C9H14N2.C2H6.H2/c1-2-7-3-4-8-9(5-7)11-6-10-8;1-2;/h6-7H,2-5H2,1H3,(H,10,11);1-2H3;1H. The first kappa shape index (κ1) is 10.3. The Hall–Kier alpha value is -0.790. The SMILES string of the molecule is CC.CCC1CCc2nc[nH]c2C1.[HH]. The Kier molecular flexibility index (Phi) is 4.00. The maximum absolute atomic E-state index is 4.27.